The predicted molar refractivity (Wildman–Crippen MR) is 113 cm³/mol. The van der Waals surface area contributed by atoms with Crippen LogP contribution in [0.15, 0.2) is 17.6 Å². The molecule has 0 aromatic heterocycles. The Kier molecular flexibility index (Phi) is 5.81. The van der Waals surface area contributed by atoms with Crippen molar-refractivity contribution in [3.8, 4) is 0 Å². The SMILES string of the molecule is CC(C)(/C=C/S(=O)(=O)NC(=O)Nc1c2c(cc3c1CCC3)CCC2)NS(C)(=O)=O. The van der Waals surface area contributed by atoms with Crippen LogP contribution in [0.4, 0.5) is 10.5 Å². The minimum absolute atomic E-state index is 0.753. The maximum atomic E-state index is 12.4. The number of hydrogen-bond acceptors (Lipinski definition) is 5. The average molecular weight is 442 g/mol. The number of hydrogen-bond donors (Lipinski definition) is 3. The van der Waals surface area contributed by atoms with Crippen LogP contribution in [0.3, 0.4) is 0 Å². The first kappa shape index (κ1) is 21.8. The summed E-state index contributed by atoms with van der Waals surface area (Å²) in [6.07, 6.45) is 7.91. The molecule has 0 fully saturated rings. The maximum absolute atomic E-state index is 12.4. The Bertz CT molecular complexity index is 1040. The summed E-state index contributed by atoms with van der Waals surface area (Å²) >= 11 is 0. The lowest BCUT2D eigenvalue weighted by atomic mass is 9.99. The summed E-state index contributed by atoms with van der Waals surface area (Å²) in [4.78, 5) is 12.4. The molecule has 160 valence electrons. The molecule has 10 heteroatoms. The average Bonchev–Trinajstić information content (AvgIpc) is 3.19. The highest BCUT2D eigenvalue weighted by atomic mass is 32.2. The van der Waals surface area contributed by atoms with Crippen molar-refractivity contribution in [2.45, 2.75) is 57.9 Å². The molecule has 0 bridgehead atoms. The number of rotatable bonds is 6. The van der Waals surface area contributed by atoms with E-state index in [1.165, 1.54) is 31.1 Å². The summed E-state index contributed by atoms with van der Waals surface area (Å²) in [7, 11) is -7.62. The second-order valence-electron chi connectivity index (χ2n) is 8.23. The molecule has 3 rings (SSSR count). The Morgan fingerprint density at radius 2 is 1.55 bits per heavy atom. The summed E-state index contributed by atoms with van der Waals surface area (Å²) in [6, 6.07) is 1.40. The van der Waals surface area contributed by atoms with E-state index in [4.69, 9.17) is 0 Å². The fourth-order valence-electron chi connectivity index (χ4n) is 4.04. The third kappa shape index (κ3) is 5.58. The van der Waals surface area contributed by atoms with E-state index < -0.39 is 31.6 Å². The van der Waals surface area contributed by atoms with Gasteiger partial charge in [-0.3, -0.25) is 0 Å². The Labute approximate surface area is 172 Å². The molecule has 1 aromatic rings. The fourth-order valence-corrected chi connectivity index (χ4v) is 5.96. The van der Waals surface area contributed by atoms with E-state index in [0.29, 0.717) is 0 Å². The number of carbonyl (C=O) groups is 1. The summed E-state index contributed by atoms with van der Waals surface area (Å²) in [5.74, 6) is 0. The van der Waals surface area contributed by atoms with Crippen LogP contribution in [-0.4, -0.2) is 34.7 Å². The van der Waals surface area contributed by atoms with Crippen LogP contribution in [0.2, 0.25) is 0 Å². The van der Waals surface area contributed by atoms with E-state index in [-0.39, 0.29) is 0 Å². The highest BCUT2D eigenvalue weighted by molar-refractivity contribution is 7.93. The van der Waals surface area contributed by atoms with Crippen molar-refractivity contribution >= 4 is 31.8 Å². The van der Waals surface area contributed by atoms with Crippen LogP contribution in [0.1, 0.15) is 48.9 Å². The Balaban J connectivity index is 1.74. The number of fused-ring (bicyclic) bond motifs is 2. The molecule has 0 radical (unpaired) electrons. The number of carbonyl (C=O) groups excluding carboxylic acids is 1. The first-order valence-corrected chi connectivity index (χ1v) is 13.0. The quantitative estimate of drug-likeness (QED) is 0.623. The number of anilines is 1. The van der Waals surface area contributed by atoms with Crippen molar-refractivity contribution in [1.29, 1.82) is 0 Å². The van der Waals surface area contributed by atoms with Crippen molar-refractivity contribution < 1.29 is 21.6 Å². The number of amides is 2. The summed E-state index contributed by atoms with van der Waals surface area (Å²) in [5.41, 5.74) is 4.30. The summed E-state index contributed by atoms with van der Waals surface area (Å²) < 4.78 is 51.6. The number of sulfonamides is 2. The largest absolute Gasteiger partial charge is 0.333 e. The molecule has 0 saturated heterocycles. The molecular formula is C19H27N3O5S2. The van der Waals surface area contributed by atoms with E-state index in [2.05, 4.69) is 16.1 Å². The number of benzene rings is 1. The molecule has 0 spiro atoms. The first-order valence-electron chi connectivity index (χ1n) is 9.54. The molecule has 3 N–H and O–H groups in total. The highest BCUT2D eigenvalue weighted by Gasteiger charge is 2.26. The van der Waals surface area contributed by atoms with Gasteiger partial charge in [-0.1, -0.05) is 12.1 Å². The standard InChI is InChI=1S/C19H27N3O5S2/c1-19(2,22-28(3,24)25)10-11-29(26,27)21-18(23)20-17-15-8-4-6-13(15)12-14-7-5-9-16(14)17/h10-12,22H,4-9H2,1-3H3,(H2,20,21,23)/b11-10+. The van der Waals surface area contributed by atoms with Crippen molar-refractivity contribution in [2.24, 2.45) is 0 Å². The van der Waals surface area contributed by atoms with Gasteiger partial charge in [-0.2, -0.15) is 0 Å². The number of aryl methyl sites for hydroxylation is 2. The molecule has 29 heavy (non-hydrogen) atoms. The van der Waals surface area contributed by atoms with Crippen LogP contribution in [0, 0.1) is 0 Å². The molecule has 2 aliphatic rings. The topological polar surface area (TPSA) is 121 Å². The van der Waals surface area contributed by atoms with Gasteiger partial charge < -0.3 is 5.32 Å². The van der Waals surface area contributed by atoms with E-state index in [1.54, 1.807) is 0 Å². The van der Waals surface area contributed by atoms with Gasteiger partial charge in [0, 0.05) is 16.6 Å². The Hall–Kier alpha value is -1.91. The minimum atomic E-state index is -4.10. The Morgan fingerprint density at radius 3 is 2.07 bits per heavy atom. The van der Waals surface area contributed by atoms with Gasteiger partial charge in [0.2, 0.25) is 10.0 Å². The van der Waals surface area contributed by atoms with Gasteiger partial charge in [-0.05, 0) is 74.6 Å². The van der Waals surface area contributed by atoms with E-state index in [0.717, 1.165) is 67.0 Å². The van der Waals surface area contributed by atoms with Crippen LogP contribution in [-0.2, 0) is 45.7 Å². The van der Waals surface area contributed by atoms with Crippen LogP contribution < -0.4 is 14.8 Å². The first-order chi connectivity index (χ1) is 13.4. The predicted octanol–water partition coefficient (Wildman–Crippen LogP) is 1.96. The lowest BCUT2D eigenvalue weighted by molar-refractivity contribution is 0.256. The number of urea groups is 1. The third-order valence-corrected chi connectivity index (χ3v) is 6.92. The zero-order valence-corrected chi connectivity index (χ0v) is 18.5. The molecule has 0 saturated carbocycles. The smallest absolute Gasteiger partial charge is 0.307 e. The van der Waals surface area contributed by atoms with Gasteiger partial charge in [0.05, 0.1) is 6.26 Å². The second-order valence-corrected chi connectivity index (χ2v) is 11.5. The van der Waals surface area contributed by atoms with Crippen molar-refractivity contribution in [3.63, 3.8) is 0 Å². The molecule has 0 aliphatic heterocycles. The van der Waals surface area contributed by atoms with E-state index in [9.17, 15) is 21.6 Å². The molecular weight excluding hydrogens is 414 g/mol. The van der Waals surface area contributed by atoms with Crippen molar-refractivity contribution in [1.82, 2.24) is 9.44 Å². The number of nitrogens with one attached hydrogen (secondary N) is 3. The zero-order valence-electron chi connectivity index (χ0n) is 16.8. The fraction of sp³-hybridized carbons (Fsp3) is 0.526. The minimum Gasteiger partial charge on any atom is -0.307 e. The molecule has 0 unspecified atom stereocenters. The van der Waals surface area contributed by atoms with Crippen LogP contribution >= 0.6 is 0 Å². The van der Waals surface area contributed by atoms with Gasteiger partial charge >= 0.3 is 6.03 Å². The van der Waals surface area contributed by atoms with Crippen molar-refractivity contribution in [3.05, 3.63) is 39.8 Å². The van der Waals surface area contributed by atoms with Gasteiger partial charge in [-0.25, -0.2) is 31.1 Å². The van der Waals surface area contributed by atoms with Gasteiger partial charge in [0.15, 0.2) is 0 Å². The van der Waals surface area contributed by atoms with Crippen LogP contribution in [0.25, 0.3) is 0 Å². The third-order valence-electron chi connectivity index (χ3n) is 5.06. The Morgan fingerprint density at radius 1 is 1.00 bits per heavy atom. The lowest BCUT2D eigenvalue weighted by Gasteiger charge is -2.20. The van der Waals surface area contributed by atoms with Gasteiger partial charge in [0.25, 0.3) is 10.0 Å². The zero-order chi connectivity index (χ0) is 21.4. The molecule has 1 aromatic carbocycles. The van der Waals surface area contributed by atoms with Crippen LogP contribution in [0.5, 0.6) is 0 Å². The maximum Gasteiger partial charge on any atom is 0.333 e. The monoisotopic (exact) mass is 441 g/mol. The summed E-state index contributed by atoms with van der Waals surface area (Å²) in [5, 5.41) is 3.56. The van der Waals surface area contributed by atoms with Crippen molar-refractivity contribution in [2.75, 3.05) is 11.6 Å². The summed E-state index contributed by atoms with van der Waals surface area (Å²) in [6.45, 7) is 3.02. The molecule has 2 aliphatic carbocycles. The van der Waals surface area contributed by atoms with Gasteiger partial charge in [0.1, 0.15) is 0 Å². The van der Waals surface area contributed by atoms with Gasteiger partial charge in [-0.15, -0.1) is 0 Å². The van der Waals surface area contributed by atoms with E-state index >= 15 is 0 Å². The highest BCUT2D eigenvalue weighted by Crippen LogP contribution is 2.38. The molecule has 8 nitrogen and oxygen atoms in total. The molecule has 2 amide bonds. The molecule has 0 atom stereocenters. The lowest BCUT2D eigenvalue weighted by Crippen LogP contribution is -2.41. The van der Waals surface area contributed by atoms with E-state index in [1.807, 2.05) is 4.72 Å². The second kappa shape index (κ2) is 7.73. The molecule has 0 heterocycles. The normalized spacial score (nSPS) is 16.7.